The van der Waals surface area contributed by atoms with E-state index in [9.17, 15) is 0 Å². The zero-order chi connectivity index (χ0) is 21.9. The van der Waals surface area contributed by atoms with E-state index in [1.54, 1.807) is 14.2 Å². The molecule has 1 unspecified atom stereocenters. The molecule has 1 aromatic carbocycles. The van der Waals surface area contributed by atoms with Crippen LogP contribution in [-0.2, 0) is 4.74 Å². The van der Waals surface area contributed by atoms with Crippen molar-refractivity contribution in [2.45, 2.75) is 31.7 Å². The molecule has 0 aliphatic carbocycles. The third-order valence-electron chi connectivity index (χ3n) is 6.64. The summed E-state index contributed by atoms with van der Waals surface area (Å²) in [4.78, 5) is 9.54. The van der Waals surface area contributed by atoms with Gasteiger partial charge in [-0.25, -0.2) is 0 Å². The Balaban J connectivity index is 1.51. The first-order chi connectivity index (χ1) is 15.2. The van der Waals surface area contributed by atoms with Crippen molar-refractivity contribution in [1.29, 1.82) is 0 Å². The van der Waals surface area contributed by atoms with Gasteiger partial charge in [0.1, 0.15) is 5.75 Å². The molecule has 0 radical (unpaired) electrons. The van der Waals surface area contributed by atoms with Crippen LogP contribution in [0.25, 0.3) is 0 Å². The third-order valence-corrected chi connectivity index (χ3v) is 6.64. The number of benzene rings is 1. The number of hydrogen-bond donors (Lipinski definition) is 2. The lowest BCUT2D eigenvalue weighted by Gasteiger charge is -2.32. The third kappa shape index (κ3) is 7.09. The Morgan fingerprint density at radius 1 is 1.10 bits per heavy atom. The maximum Gasteiger partial charge on any atom is 0.191 e. The molecule has 174 valence electrons. The number of likely N-dealkylation sites (tertiary alicyclic amines) is 2. The van der Waals surface area contributed by atoms with Crippen molar-refractivity contribution in [3.63, 3.8) is 0 Å². The molecule has 2 aliphatic rings. The average molecular weight is 432 g/mol. The molecule has 2 saturated heterocycles. The van der Waals surface area contributed by atoms with Crippen LogP contribution in [0.5, 0.6) is 5.75 Å². The maximum atomic E-state index is 5.67. The van der Waals surface area contributed by atoms with Crippen LogP contribution in [0, 0.1) is 5.92 Å². The molecule has 0 amide bonds. The monoisotopic (exact) mass is 431 g/mol. The first-order valence-electron chi connectivity index (χ1n) is 11.8. The molecule has 3 rings (SSSR count). The van der Waals surface area contributed by atoms with Gasteiger partial charge in [-0.05, 0) is 63.8 Å². The Hall–Kier alpha value is -1.83. The molecule has 1 aromatic rings. The standard InChI is InChI=1S/C24H41N5O2/c1-25-24(26-18-20-10-14-28(15-11-20)16-17-30-2)27-19-22(29-12-6-7-13-29)21-8-4-5-9-23(21)31-3/h4-5,8-9,20,22H,6-7,10-19H2,1-3H3,(H2,25,26,27). The van der Waals surface area contributed by atoms with Gasteiger partial charge in [0.05, 0.1) is 19.8 Å². The van der Waals surface area contributed by atoms with Crippen LogP contribution >= 0.6 is 0 Å². The van der Waals surface area contributed by atoms with Gasteiger partial charge >= 0.3 is 0 Å². The molecule has 31 heavy (non-hydrogen) atoms. The second-order valence-electron chi connectivity index (χ2n) is 8.61. The molecule has 7 heteroatoms. The zero-order valence-electron chi connectivity index (χ0n) is 19.6. The van der Waals surface area contributed by atoms with Crippen LogP contribution in [0.2, 0.25) is 0 Å². The van der Waals surface area contributed by atoms with E-state index in [0.717, 1.165) is 64.1 Å². The highest BCUT2D eigenvalue weighted by Crippen LogP contribution is 2.31. The second-order valence-corrected chi connectivity index (χ2v) is 8.61. The molecule has 2 aliphatic heterocycles. The summed E-state index contributed by atoms with van der Waals surface area (Å²) in [7, 11) is 5.39. The topological polar surface area (TPSA) is 61.4 Å². The molecular formula is C24H41N5O2. The number of para-hydroxylation sites is 1. The van der Waals surface area contributed by atoms with E-state index in [4.69, 9.17) is 9.47 Å². The maximum absolute atomic E-state index is 5.67. The highest BCUT2D eigenvalue weighted by molar-refractivity contribution is 5.79. The number of aliphatic imine (C=N–C) groups is 1. The van der Waals surface area contributed by atoms with Gasteiger partial charge in [-0.3, -0.25) is 9.89 Å². The average Bonchev–Trinajstić information content (AvgIpc) is 3.35. The highest BCUT2D eigenvalue weighted by Gasteiger charge is 2.26. The van der Waals surface area contributed by atoms with Crippen LogP contribution in [-0.4, -0.2) is 89.4 Å². The van der Waals surface area contributed by atoms with Crippen LogP contribution in [0.3, 0.4) is 0 Å². The molecule has 0 bridgehead atoms. The lowest BCUT2D eigenvalue weighted by molar-refractivity contribution is 0.121. The van der Waals surface area contributed by atoms with E-state index in [1.165, 1.54) is 31.2 Å². The molecule has 0 spiro atoms. The van der Waals surface area contributed by atoms with E-state index < -0.39 is 0 Å². The fourth-order valence-corrected chi connectivity index (χ4v) is 4.72. The summed E-state index contributed by atoms with van der Waals surface area (Å²) in [6, 6.07) is 8.67. The van der Waals surface area contributed by atoms with Gasteiger partial charge in [0, 0.05) is 39.4 Å². The summed E-state index contributed by atoms with van der Waals surface area (Å²) in [5, 5.41) is 7.16. The van der Waals surface area contributed by atoms with Crippen LogP contribution in [0.15, 0.2) is 29.3 Å². The minimum atomic E-state index is 0.279. The fraction of sp³-hybridized carbons (Fsp3) is 0.708. The van der Waals surface area contributed by atoms with Gasteiger partial charge in [0.25, 0.3) is 0 Å². The number of piperidine rings is 1. The minimum Gasteiger partial charge on any atom is -0.496 e. The molecule has 0 saturated carbocycles. The number of nitrogens with one attached hydrogen (secondary N) is 2. The van der Waals surface area contributed by atoms with E-state index >= 15 is 0 Å². The Kier molecular flexibility index (Phi) is 9.90. The van der Waals surface area contributed by atoms with E-state index in [0.29, 0.717) is 5.92 Å². The fourth-order valence-electron chi connectivity index (χ4n) is 4.72. The second kappa shape index (κ2) is 12.9. The van der Waals surface area contributed by atoms with Crippen molar-refractivity contribution in [1.82, 2.24) is 20.4 Å². The highest BCUT2D eigenvalue weighted by atomic mass is 16.5. The number of ether oxygens (including phenoxy) is 2. The lowest BCUT2D eigenvalue weighted by atomic mass is 9.97. The largest absolute Gasteiger partial charge is 0.496 e. The molecule has 0 aromatic heterocycles. The zero-order valence-corrected chi connectivity index (χ0v) is 19.6. The Morgan fingerprint density at radius 2 is 1.84 bits per heavy atom. The summed E-state index contributed by atoms with van der Waals surface area (Å²) < 4.78 is 10.9. The molecule has 1 atom stereocenters. The quantitative estimate of drug-likeness (QED) is 0.438. The number of guanidine groups is 1. The molecular weight excluding hydrogens is 390 g/mol. The number of rotatable bonds is 10. The summed E-state index contributed by atoms with van der Waals surface area (Å²) in [6.07, 6.45) is 4.99. The van der Waals surface area contributed by atoms with Gasteiger partial charge in [-0.2, -0.15) is 0 Å². The Labute approximate surface area is 188 Å². The number of methoxy groups -OCH3 is 2. The Morgan fingerprint density at radius 3 is 2.52 bits per heavy atom. The van der Waals surface area contributed by atoms with Crippen molar-refractivity contribution in [3.8, 4) is 5.75 Å². The van der Waals surface area contributed by atoms with E-state index in [1.807, 2.05) is 13.1 Å². The van der Waals surface area contributed by atoms with Gasteiger partial charge in [-0.15, -0.1) is 0 Å². The molecule has 2 fully saturated rings. The molecule has 7 nitrogen and oxygen atoms in total. The smallest absolute Gasteiger partial charge is 0.191 e. The summed E-state index contributed by atoms with van der Waals surface area (Å²) in [5.74, 6) is 2.55. The van der Waals surface area contributed by atoms with Crippen molar-refractivity contribution >= 4 is 5.96 Å². The SMILES string of the molecule is CN=C(NCC1CCN(CCOC)CC1)NCC(c1ccccc1OC)N1CCCC1. The van der Waals surface area contributed by atoms with Crippen molar-refractivity contribution < 1.29 is 9.47 Å². The number of nitrogens with zero attached hydrogens (tertiary/aromatic N) is 3. The van der Waals surface area contributed by atoms with Crippen molar-refractivity contribution in [3.05, 3.63) is 29.8 Å². The number of hydrogen-bond acceptors (Lipinski definition) is 5. The summed E-state index contributed by atoms with van der Waals surface area (Å²) in [6.45, 7) is 8.25. The van der Waals surface area contributed by atoms with Crippen LogP contribution in [0.4, 0.5) is 0 Å². The normalized spacial score (nSPS) is 20.0. The molecule has 2 N–H and O–H groups in total. The van der Waals surface area contributed by atoms with Crippen molar-refractivity contribution in [2.75, 3.05) is 73.7 Å². The van der Waals surface area contributed by atoms with Crippen LogP contribution < -0.4 is 15.4 Å². The Bertz CT molecular complexity index is 670. The molecule has 2 heterocycles. The minimum absolute atomic E-state index is 0.279. The first kappa shape index (κ1) is 23.8. The predicted molar refractivity (Wildman–Crippen MR) is 127 cm³/mol. The van der Waals surface area contributed by atoms with E-state index in [2.05, 4.69) is 43.6 Å². The van der Waals surface area contributed by atoms with Gasteiger partial charge in [0.2, 0.25) is 0 Å². The van der Waals surface area contributed by atoms with Gasteiger partial charge < -0.3 is 25.0 Å². The van der Waals surface area contributed by atoms with Crippen LogP contribution in [0.1, 0.15) is 37.3 Å². The first-order valence-corrected chi connectivity index (χ1v) is 11.8. The lowest BCUT2D eigenvalue weighted by Crippen LogP contribution is -2.45. The van der Waals surface area contributed by atoms with Crippen molar-refractivity contribution in [2.24, 2.45) is 10.9 Å². The summed E-state index contributed by atoms with van der Waals surface area (Å²) in [5.41, 5.74) is 1.25. The van der Waals surface area contributed by atoms with E-state index in [-0.39, 0.29) is 6.04 Å². The summed E-state index contributed by atoms with van der Waals surface area (Å²) >= 11 is 0. The van der Waals surface area contributed by atoms with Gasteiger partial charge in [0.15, 0.2) is 5.96 Å². The predicted octanol–water partition coefficient (Wildman–Crippen LogP) is 2.36. The van der Waals surface area contributed by atoms with Gasteiger partial charge in [-0.1, -0.05) is 18.2 Å².